The monoisotopic (exact) mass is 441 g/mol. The average molecular weight is 442 g/mol. The van der Waals surface area contributed by atoms with E-state index in [1.54, 1.807) is 4.90 Å². The maximum atomic E-state index is 12.7. The molecule has 0 radical (unpaired) electrons. The number of amides is 2. The number of nitrogens with zero attached hydrogens (tertiary/aromatic N) is 2. The topological polar surface area (TPSA) is 108 Å². The van der Waals surface area contributed by atoms with Crippen LogP contribution in [0.25, 0.3) is 0 Å². The van der Waals surface area contributed by atoms with Crippen LogP contribution >= 0.6 is 11.8 Å². The minimum atomic E-state index is -1.04. The highest BCUT2D eigenvalue weighted by Gasteiger charge is 2.38. The van der Waals surface area contributed by atoms with E-state index in [9.17, 15) is 14.4 Å². The van der Waals surface area contributed by atoms with Gasteiger partial charge in [-0.05, 0) is 62.4 Å². The number of carbonyl (C=O) groups excluding carboxylic acids is 2. The van der Waals surface area contributed by atoms with E-state index in [-0.39, 0.29) is 23.8 Å². The van der Waals surface area contributed by atoms with Gasteiger partial charge in [0.25, 0.3) is 0 Å². The van der Waals surface area contributed by atoms with Crippen LogP contribution in [-0.4, -0.2) is 51.4 Å². The summed E-state index contributed by atoms with van der Waals surface area (Å²) in [6.07, 6.45) is -0.0109. The summed E-state index contributed by atoms with van der Waals surface area (Å²) in [4.78, 5) is 42.2. The number of aromatic carboxylic acids is 1. The standard InChI is InChI=1S/C22H23N3O5S/c1-3-25-20(27)18(13-19(26)23-15-7-5-14(6-8-15)21(28)29)31-22(25)24-16-9-11-17(12-10-16)30-4-2/h5-12,18H,3-4,13H2,1-2H3,(H,23,26)(H,28,29). The van der Waals surface area contributed by atoms with E-state index in [1.807, 2.05) is 38.1 Å². The number of amidine groups is 1. The van der Waals surface area contributed by atoms with Gasteiger partial charge in [0.2, 0.25) is 11.8 Å². The third kappa shape index (κ3) is 5.64. The maximum absolute atomic E-state index is 12.7. The van der Waals surface area contributed by atoms with Crippen LogP contribution in [0.4, 0.5) is 11.4 Å². The second kappa shape index (κ2) is 10.1. The van der Waals surface area contributed by atoms with E-state index in [0.717, 1.165) is 5.75 Å². The summed E-state index contributed by atoms with van der Waals surface area (Å²) in [6, 6.07) is 13.1. The Morgan fingerprint density at radius 1 is 1.13 bits per heavy atom. The third-order valence-electron chi connectivity index (χ3n) is 4.50. The lowest BCUT2D eigenvalue weighted by Gasteiger charge is -2.13. The molecule has 0 aliphatic carbocycles. The van der Waals surface area contributed by atoms with E-state index >= 15 is 0 Å². The van der Waals surface area contributed by atoms with Crippen molar-refractivity contribution in [1.82, 2.24) is 4.90 Å². The highest BCUT2D eigenvalue weighted by molar-refractivity contribution is 8.15. The first-order chi connectivity index (χ1) is 14.9. The summed E-state index contributed by atoms with van der Waals surface area (Å²) in [5, 5.41) is 11.6. The SMILES string of the molecule is CCOc1ccc(N=C2SC(CC(=O)Nc3ccc(C(=O)O)cc3)C(=O)N2CC)cc1. The van der Waals surface area contributed by atoms with Crippen molar-refractivity contribution in [3.63, 3.8) is 0 Å². The zero-order valence-electron chi connectivity index (χ0n) is 17.2. The molecule has 1 heterocycles. The van der Waals surface area contributed by atoms with Gasteiger partial charge < -0.3 is 15.2 Å². The number of hydrogen-bond donors (Lipinski definition) is 2. The Kier molecular flexibility index (Phi) is 7.30. The second-order valence-electron chi connectivity index (χ2n) is 6.65. The summed E-state index contributed by atoms with van der Waals surface area (Å²) in [6.45, 7) is 4.81. The average Bonchev–Trinajstić information content (AvgIpc) is 3.03. The number of carbonyl (C=O) groups is 3. The van der Waals surface area contributed by atoms with Gasteiger partial charge in [0, 0.05) is 18.7 Å². The first-order valence-corrected chi connectivity index (χ1v) is 10.7. The quantitative estimate of drug-likeness (QED) is 0.646. The van der Waals surface area contributed by atoms with Crippen molar-refractivity contribution in [1.29, 1.82) is 0 Å². The highest BCUT2D eigenvalue weighted by atomic mass is 32.2. The van der Waals surface area contributed by atoms with E-state index in [0.29, 0.717) is 29.7 Å². The van der Waals surface area contributed by atoms with Crippen LogP contribution in [0.1, 0.15) is 30.6 Å². The predicted octanol–water partition coefficient (Wildman–Crippen LogP) is 3.76. The van der Waals surface area contributed by atoms with Crippen molar-refractivity contribution < 1.29 is 24.2 Å². The molecule has 1 aliphatic rings. The minimum Gasteiger partial charge on any atom is -0.494 e. The number of anilines is 1. The molecule has 8 nitrogen and oxygen atoms in total. The van der Waals surface area contributed by atoms with Crippen LogP contribution < -0.4 is 10.1 Å². The molecule has 1 fully saturated rings. The molecule has 2 aromatic rings. The van der Waals surface area contributed by atoms with Crippen molar-refractivity contribution in [3.05, 3.63) is 54.1 Å². The fourth-order valence-corrected chi connectivity index (χ4v) is 4.21. The first-order valence-electron chi connectivity index (χ1n) is 9.84. The molecule has 0 bridgehead atoms. The lowest BCUT2D eigenvalue weighted by Crippen LogP contribution is -2.33. The number of ether oxygens (including phenoxy) is 1. The van der Waals surface area contributed by atoms with Crippen LogP contribution in [0.5, 0.6) is 5.75 Å². The molecule has 1 atom stereocenters. The van der Waals surface area contributed by atoms with E-state index in [1.165, 1.54) is 36.0 Å². The van der Waals surface area contributed by atoms with Crippen LogP contribution in [0, 0.1) is 0 Å². The first kappa shape index (κ1) is 22.4. The van der Waals surface area contributed by atoms with Gasteiger partial charge in [-0.15, -0.1) is 0 Å². The molecule has 2 aromatic carbocycles. The Labute approximate surface area is 184 Å². The van der Waals surface area contributed by atoms with Gasteiger partial charge in [-0.3, -0.25) is 14.5 Å². The molecule has 2 N–H and O–H groups in total. The Bertz CT molecular complexity index is 989. The van der Waals surface area contributed by atoms with Crippen LogP contribution in [0.3, 0.4) is 0 Å². The number of aliphatic imine (C=N–C) groups is 1. The molecule has 1 unspecified atom stereocenters. The van der Waals surface area contributed by atoms with Crippen LogP contribution in [-0.2, 0) is 9.59 Å². The molecule has 0 aromatic heterocycles. The molecule has 1 aliphatic heterocycles. The van der Waals surface area contributed by atoms with Gasteiger partial charge in [0.15, 0.2) is 5.17 Å². The number of thioether (sulfide) groups is 1. The van der Waals surface area contributed by atoms with Crippen molar-refractivity contribution in [2.45, 2.75) is 25.5 Å². The fourth-order valence-electron chi connectivity index (χ4n) is 2.99. The lowest BCUT2D eigenvalue weighted by atomic mass is 10.2. The van der Waals surface area contributed by atoms with Gasteiger partial charge in [0.1, 0.15) is 11.0 Å². The Balaban J connectivity index is 1.66. The predicted molar refractivity (Wildman–Crippen MR) is 120 cm³/mol. The summed E-state index contributed by atoms with van der Waals surface area (Å²) >= 11 is 1.26. The number of benzene rings is 2. The van der Waals surface area contributed by atoms with E-state index in [2.05, 4.69) is 10.3 Å². The van der Waals surface area contributed by atoms with Crippen LogP contribution in [0.15, 0.2) is 53.5 Å². The van der Waals surface area contributed by atoms with Crippen molar-refractivity contribution in [3.8, 4) is 5.75 Å². The fraction of sp³-hybridized carbons (Fsp3) is 0.273. The van der Waals surface area contributed by atoms with Gasteiger partial charge in [-0.25, -0.2) is 9.79 Å². The lowest BCUT2D eigenvalue weighted by molar-refractivity contribution is -0.128. The number of hydrogen-bond acceptors (Lipinski definition) is 6. The summed E-state index contributed by atoms with van der Waals surface area (Å²) in [7, 11) is 0. The molecular formula is C22H23N3O5S. The smallest absolute Gasteiger partial charge is 0.335 e. The van der Waals surface area contributed by atoms with Crippen LogP contribution in [0.2, 0.25) is 0 Å². The maximum Gasteiger partial charge on any atom is 0.335 e. The summed E-state index contributed by atoms with van der Waals surface area (Å²) in [5.74, 6) is -0.773. The molecular weight excluding hydrogens is 418 g/mol. The Morgan fingerprint density at radius 3 is 2.39 bits per heavy atom. The van der Waals surface area contributed by atoms with Crippen molar-refractivity contribution in [2.75, 3.05) is 18.5 Å². The van der Waals surface area contributed by atoms with Crippen molar-refractivity contribution in [2.24, 2.45) is 4.99 Å². The largest absolute Gasteiger partial charge is 0.494 e. The molecule has 0 spiro atoms. The van der Waals surface area contributed by atoms with Gasteiger partial charge in [-0.2, -0.15) is 0 Å². The normalized spacial score (nSPS) is 17.1. The summed E-state index contributed by atoms with van der Waals surface area (Å²) in [5.41, 5.74) is 1.30. The molecule has 9 heteroatoms. The zero-order valence-corrected chi connectivity index (χ0v) is 18.0. The minimum absolute atomic E-state index is 0.0109. The number of rotatable bonds is 8. The van der Waals surface area contributed by atoms with Gasteiger partial charge in [0.05, 0.1) is 17.9 Å². The zero-order chi connectivity index (χ0) is 22.4. The highest BCUT2D eigenvalue weighted by Crippen LogP contribution is 2.32. The molecule has 0 saturated carbocycles. The van der Waals surface area contributed by atoms with Gasteiger partial charge in [-0.1, -0.05) is 11.8 Å². The molecule has 31 heavy (non-hydrogen) atoms. The second-order valence-corrected chi connectivity index (χ2v) is 7.81. The molecule has 1 saturated heterocycles. The Morgan fingerprint density at radius 2 is 1.81 bits per heavy atom. The van der Waals surface area contributed by atoms with Gasteiger partial charge >= 0.3 is 5.97 Å². The Hall–Kier alpha value is -3.33. The number of nitrogens with one attached hydrogen (secondary N) is 1. The third-order valence-corrected chi connectivity index (χ3v) is 5.67. The summed E-state index contributed by atoms with van der Waals surface area (Å²) < 4.78 is 5.43. The molecule has 2 amide bonds. The van der Waals surface area contributed by atoms with Crippen molar-refractivity contribution >= 4 is 46.1 Å². The van der Waals surface area contributed by atoms with E-state index < -0.39 is 11.2 Å². The number of carboxylic acid groups (broad SMARTS) is 1. The van der Waals surface area contributed by atoms with E-state index in [4.69, 9.17) is 9.84 Å². The molecule has 3 rings (SSSR count). The molecule has 162 valence electrons. The number of carboxylic acids is 1.